The molecule has 0 radical (unpaired) electrons. The zero-order valence-corrected chi connectivity index (χ0v) is 9.29. The number of anilines is 1. The van der Waals surface area contributed by atoms with Crippen molar-refractivity contribution in [3.05, 3.63) is 42.0 Å². The summed E-state index contributed by atoms with van der Waals surface area (Å²) in [6.07, 6.45) is 1.39. The van der Waals surface area contributed by atoms with E-state index in [2.05, 4.69) is 27.3 Å². The molecule has 0 fully saturated rings. The van der Waals surface area contributed by atoms with Gasteiger partial charge in [-0.15, -0.1) is 9.90 Å². The maximum absolute atomic E-state index is 11.9. The van der Waals surface area contributed by atoms with E-state index in [1.54, 1.807) is 12.1 Å². The molecule has 6 nitrogen and oxygen atoms in total. The van der Waals surface area contributed by atoms with E-state index in [1.807, 2.05) is 19.1 Å². The lowest BCUT2D eigenvalue weighted by atomic mass is 10.1. The van der Waals surface area contributed by atoms with Crippen LogP contribution in [0.5, 0.6) is 0 Å². The smallest absolute Gasteiger partial charge is 0.270 e. The first-order chi connectivity index (χ1) is 8.20. The molecule has 1 heterocycles. The van der Waals surface area contributed by atoms with Gasteiger partial charge in [0.25, 0.3) is 11.9 Å². The van der Waals surface area contributed by atoms with Crippen LogP contribution in [0.3, 0.4) is 0 Å². The molecule has 6 heteroatoms. The number of rotatable bonds is 3. The highest BCUT2D eigenvalue weighted by atomic mass is 16.1. The van der Waals surface area contributed by atoms with E-state index in [0.29, 0.717) is 5.56 Å². The Bertz CT molecular complexity index is 560. The van der Waals surface area contributed by atoms with Crippen LogP contribution in [0.25, 0.3) is 6.20 Å². The number of nitrogens with zero attached hydrogens (tertiary/aromatic N) is 4. The van der Waals surface area contributed by atoms with Crippen molar-refractivity contribution in [1.29, 1.82) is 0 Å². The van der Waals surface area contributed by atoms with Gasteiger partial charge in [0.1, 0.15) is 0 Å². The number of amides is 1. The summed E-state index contributed by atoms with van der Waals surface area (Å²) >= 11 is 0. The summed E-state index contributed by atoms with van der Waals surface area (Å²) in [5, 5.41) is 13.7. The summed E-state index contributed by atoms with van der Waals surface area (Å²) in [5.41, 5.74) is 1.48. The number of hydrogen-bond donors (Lipinski definition) is 1. The van der Waals surface area contributed by atoms with Crippen molar-refractivity contribution >= 4 is 18.1 Å². The molecule has 2 rings (SSSR count). The Labute approximate surface area is 98.0 Å². The van der Waals surface area contributed by atoms with E-state index in [4.69, 9.17) is 0 Å². The lowest BCUT2D eigenvalue weighted by Crippen LogP contribution is -2.14. The van der Waals surface area contributed by atoms with Gasteiger partial charge >= 0.3 is 0 Å². The number of benzene rings is 1. The second kappa shape index (κ2) is 4.56. The Morgan fingerprint density at radius 3 is 2.88 bits per heavy atom. The third-order valence-corrected chi connectivity index (χ3v) is 2.21. The first kappa shape index (κ1) is 11.0. The van der Waals surface area contributed by atoms with Gasteiger partial charge in [0, 0.05) is 11.8 Å². The Morgan fingerprint density at radius 1 is 1.47 bits per heavy atom. The lowest BCUT2D eigenvalue weighted by Gasteiger charge is -2.03. The van der Waals surface area contributed by atoms with E-state index in [-0.39, 0.29) is 11.9 Å². The second-order valence-electron chi connectivity index (χ2n) is 3.39. The molecule has 0 unspecified atom stereocenters. The standard InChI is InChI=1S/C11H11N5O/c1-3-16-14-11(13-15-16)12-10(17)9-7-5-4-6-8(9)2/h3-7H,1H2,2H3,(H,12,14,17). The van der Waals surface area contributed by atoms with Crippen molar-refractivity contribution in [1.82, 2.24) is 20.2 Å². The van der Waals surface area contributed by atoms with Crippen LogP contribution in [-0.2, 0) is 0 Å². The zero-order chi connectivity index (χ0) is 12.3. The minimum atomic E-state index is -0.258. The van der Waals surface area contributed by atoms with Crippen molar-refractivity contribution in [3.8, 4) is 0 Å². The molecule has 0 saturated heterocycles. The van der Waals surface area contributed by atoms with Crippen molar-refractivity contribution in [2.24, 2.45) is 0 Å². The largest absolute Gasteiger partial charge is 0.288 e. The fourth-order valence-corrected chi connectivity index (χ4v) is 1.35. The van der Waals surface area contributed by atoms with Gasteiger partial charge in [-0.05, 0) is 23.8 Å². The summed E-state index contributed by atoms with van der Waals surface area (Å²) in [5.74, 6) is -0.107. The van der Waals surface area contributed by atoms with Crippen molar-refractivity contribution in [3.63, 3.8) is 0 Å². The van der Waals surface area contributed by atoms with Gasteiger partial charge in [0.05, 0.1) is 0 Å². The third kappa shape index (κ3) is 2.36. The Balaban J connectivity index is 2.17. The number of hydrogen-bond acceptors (Lipinski definition) is 4. The molecule has 0 aliphatic rings. The fraction of sp³-hybridized carbons (Fsp3) is 0.0909. The molecule has 0 bridgehead atoms. The van der Waals surface area contributed by atoms with Crippen LogP contribution in [-0.4, -0.2) is 26.1 Å². The summed E-state index contributed by atoms with van der Waals surface area (Å²) < 4.78 is 0. The van der Waals surface area contributed by atoms with Gasteiger partial charge < -0.3 is 0 Å². The van der Waals surface area contributed by atoms with Crippen LogP contribution >= 0.6 is 0 Å². The van der Waals surface area contributed by atoms with E-state index in [1.165, 1.54) is 11.0 Å². The molecule has 1 aromatic carbocycles. The van der Waals surface area contributed by atoms with Crippen LogP contribution < -0.4 is 5.32 Å². The topological polar surface area (TPSA) is 72.7 Å². The SMILES string of the molecule is C=Cn1nnc(NC(=O)c2ccccc2C)n1. The molecule has 86 valence electrons. The van der Waals surface area contributed by atoms with Gasteiger partial charge in [0.15, 0.2) is 0 Å². The summed E-state index contributed by atoms with van der Waals surface area (Å²) in [6, 6.07) is 7.28. The highest BCUT2D eigenvalue weighted by Gasteiger charge is 2.10. The molecule has 0 aliphatic carbocycles. The van der Waals surface area contributed by atoms with Gasteiger partial charge in [-0.25, -0.2) is 0 Å². The number of aromatic nitrogens is 4. The maximum atomic E-state index is 11.9. The van der Waals surface area contributed by atoms with Gasteiger partial charge in [0.2, 0.25) is 0 Å². The molecule has 17 heavy (non-hydrogen) atoms. The first-order valence-electron chi connectivity index (χ1n) is 5.00. The van der Waals surface area contributed by atoms with Gasteiger partial charge in [-0.2, -0.15) is 0 Å². The van der Waals surface area contributed by atoms with Crippen LogP contribution in [0, 0.1) is 6.92 Å². The molecule has 0 spiro atoms. The summed E-state index contributed by atoms with van der Waals surface area (Å²) in [4.78, 5) is 13.1. The molecular formula is C11H11N5O. The van der Waals surface area contributed by atoms with Crippen molar-refractivity contribution in [2.75, 3.05) is 5.32 Å². The molecule has 0 saturated carbocycles. The number of aryl methyl sites for hydroxylation is 1. The average molecular weight is 229 g/mol. The lowest BCUT2D eigenvalue weighted by molar-refractivity contribution is 0.102. The number of carbonyl (C=O) groups is 1. The minimum Gasteiger partial charge on any atom is -0.288 e. The molecule has 1 N–H and O–H groups in total. The monoisotopic (exact) mass is 229 g/mol. The van der Waals surface area contributed by atoms with E-state index in [0.717, 1.165) is 5.56 Å². The van der Waals surface area contributed by atoms with Crippen LogP contribution in [0.2, 0.25) is 0 Å². The first-order valence-corrected chi connectivity index (χ1v) is 5.00. The molecule has 1 aromatic heterocycles. The molecule has 1 amide bonds. The second-order valence-corrected chi connectivity index (χ2v) is 3.39. The number of nitrogens with one attached hydrogen (secondary N) is 1. The maximum Gasteiger partial charge on any atom is 0.270 e. The fourth-order valence-electron chi connectivity index (χ4n) is 1.35. The Hall–Kier alpha value is -2.50. The number of tetrazole rings is 1. The summed E-state index contributed by atoms with van der Waals surface area (Å²) in [6.45, 7) is 5.34. The van der Waals surface area contributed by atoms with Gasteiger partial charge in [-0.1, -0.05) is 29.9 Å². The molecule has 2 aromatic rings. The quantitative estimate of drug-likeness (QED) is 0.861. The van der Waals surface area contributed by atoms with E-state index in [9.17, 15) is 4.79 Å². The van der Waals surface area contributed by atoms with Crippen LogP contribution in [0.15, 0.2) is 30.8 Å². The molecule has 0 aliphatic heterocycles. The predicted octanol–water partition coefficient (Wildman–Crippen LogP) is 1.33. The molecule has 0 atom stereocenters. The van der Waals surface area contributed by atoms with Crippen LogP contribution in [0.4, 0.5) is 5.95 Å². The number of carbonyl (C=O) groups excluding carboxylic acids is 1. The minimum absolute atomic E-state index is 0.151. The predicted molar refractivity (Wildman–Crippen MR) is 63.3 cm³/mol. The van der Waals surface area contributed by atoms with E-state index >= 15 is 0 Å². The average Bonchev–Trinajstić information content (AvgIpc) is 2.77. The Morgan fingerprint density at radius 2 is 2.24 bits per heavy atom. The summed E-state index contributed by atoms with van der Waals surface area (Å²) in [7, 11) is 0. The Kier molecular flexibility index (Phi) is 2.95. The normalized spacial score (nSPS) is 9.94. The highest BCUT2D eigenvalue weighted by molar-refractivity contribution is 6.04. The zero-order valence-electron chi connectivity index (χ0n) is 9.29. The molecular weight excluding hydrogens is 218 g/mol. The van der Waals surface area contributed by atoms with Crippen LogP contribution in [0.1, 0.15) is 15.9 Å². The highest BCUT2D eigenvalue weighted by Crippen LogP contribution is 2.08. The van der Waals surface area contributed by atoms with Gasteiger partial charge in [-0.3, -0.25) is 10.1 Å². The van der Waals surface area contributed by atoms with Crippen molar-refractivity contribution in [2.45, 2.75) is 6.92 Å². The third-order valence-electron chi connectivity index (χ3n) is 2.21. The van der Waals surface area contributed by atoms with E-state index < -0.39 is 0 Å². The van der Waals surface area contributed by atoms with Crippen molar-refractivity contribution < 1.29 is 4.79 Å².